The molecule has 3 aliphatic rings. The Morgan fingerprint density at radius 3 is 2.89 bits per heavy atom. The van der Waals surface area contributed by atoms with Gasteiger partial charge in [-0.15, -0.1) is 0 Å². The first-order chi connectivity index (χ1) is 13.2. The van der Waals surface area contributed by atoms with Crippen LogP contribution in [0.15, 0.2) is 68.6 Å². The summed E-state index contributed by atoms with van der Waals surface area (Å²) in [5.74, 6) is -0.141. The van der Waals surface area contributed by atoms with Crippen LogP contribution in [-0.4, -0.2) is 56.6 Å². The molecule has 0 bridgehead atoms. The Morgan fingerprint density at radius 2 is 2.15 bits per heavy atom. The molecule has 27 heavy (non-hydrogen) atoms. The lowest BCUT2D eigenvalue weighted by molar-refractivity contribution is 0.288. The van der Waals surface area contributed by atoms with Crippen molar-refractivity contribution in [3.8, 4) is 0 Å². The highest BCUT2D eigenvalue weighted by Crippen LogP contribution is 2.24. The Hall–Kier alpha value is -2.38. The maximum atomic E-state index is 14.5. The lowest BCUT2D eigenvalue weighted by atomic mass is 10.0. The topological polar surface area (TPSA) is 64.0 Å². The first-order valence-corrected chi connectivity index (χ1v) is 9.33. The molecule has 0 amide bonds. The number of aliphatic imine (C=N–C) groups is 2. The van der Waals surface area contributed by atoms with Crippen molar-refractivity contribution in [2.75, 3.05) is 39.3 Å². The van der Waals surface area contributed by atoms with E-state index in [9.17, 15) is 4.39 Å². The second-order valence-electron chi connectivity index (χ2n) is 6.31. The van der Waals surface area contributed by atoms with Crippen molar-refractivity contribution in [2.24, 2.45) is 9.98 Å². The molecule has 0 unspecified atom stereocenters. The molecular formula is C19H24ClFN6. The van der Waals surface area contributed by atoms with E-state index in [-0.39, 0.29) is 12.4 Å². The summed E-state index contributed by atoms with van der Waals surface area (Å²) in [5.41, 5.74) is 3.23. The lowest BCUT2D eigenvalue weighted by Gasteiger charge is -2.34. The van der Waals surface area contributed by atoms with Crippen molar-refractivity contribution in [1.29, 1.82) is 0 Å². The Bertz CT molecular complexity index is 756. The number of hydrogen-bond acceptors (Lipinski definition) is 6. The minimum absolute atomic E-state index is 0.141. The predicted molar refractivity (Wildman–Crippen MR) is 109 cm³/mol. The maximum absolute atomic E-state index is 14.5. The number of halogens is 2. The number of allylic oxidation sites excluding steroid dienone is 2. The monoisotopic (exact) mass is 390 g/mol. The molecule has 144 valence electrons. The quantitative estimate of drug-likeness (QED) is 0.608. The van der Waals surface area contributed by atoms with Crippen LogP contribution in [-0.2, 0) is 0 Å². The molecule has 0 aromatic heterocycles. The highest BCUT2D eigenvalue weighted by atomic mass is 35.5. The molecule has 6 nitrogen and oxygen atoms in total. The number of rotatable bonds is 6. The number of nitrogens with zero attached hydrogens (tertiary/aromatic N) is 3. The molecule has 0 aromatic rings. The number of hydrogen-bond donors (Lipinski definition) is 3. The Morgan fingerprint density at radius 1 is 1.33 bits per heavy atom. The van der Waals surface area contributed by atoms with Crippen molar-refractivity contribution in [3.05, 3.63) is 58.6 Å². The summed E-state index contributed by atoms with van der Waals surface area (Å²) in [6.45, 7) is 7.40. The summed E-state index contributed by atoms with van der Waals surface area (Å²) in [5, 5.41) is 10.2. The van der Waals surface area contributed by atoms with Crippen molar-refractivity contribution < 1.29 is 4.39 Å². The molecule has 2 heterocycles. The van der Waals surface area contributed by atoms with E-state index >= 15 is 0 Å². The van der Waals surface area contributed by atoms with Crippen LogP contribution in [0.2, 0.25) is 0 Å². The normalized spacial score (nSPS) is 22.4. The van der Waals surface area contributed by atoms with E-state index < -0.39 is 0 Å². The molecule has 0 saturated carbocycles. The lowest BCUT2D eigenvalue weighted by Crippen LogP contribution is -2.45. The molecule has 2 aliphatic heterocycles. The zero-order valence-electron chi connectivity index (χ0n) is 15.1. The van der Waals surface area contributed by atoms with Gasteiger partial charge in [-0.25, -0.2) is 4.39 Å². The van der Waals surface area contributed by atoms with E-state index in [1.54, 1.807) is 6.20 Å². The zero-order chi connectivity index (χ0) is 19.1. The smallest absolute Gasteiger partial charge is 0.144 e. The second kappa shape index (κ2) is 9.53. The second-order valence-corrected chi connectivity index (χ2v) is 6.72. The van der Waals surface area contributed by atoms with Gasteiger partial charge < -0.3 is 20.9 Å². The van der Waals surface area contributed by atoms with Crippen molar-refractivity contribution in [1.82, 2.24) is 20.9 Å². The molecule has 0 atom stereocenters. The van der Waals surface area contributed by atoms with Gasteiger partial charge in [-0.05, 0) is 18.4 Å². The molecule has 0 radical (unpaired) electrons. The third-order valence-corrected chi connectivity index (χ3v) is 4.84. The fourth-order valence-corrected chi connectivity index (χ4v) is 3.41. The van der Waals surface area contributed by atoms with E-state index in [0.29, 0.717) is 23.7 Å². The van der Waals surface area contributed by atoms with Gasteiger partial charge in [0.05, 0.1) is 17.9 Å². The minimum atomic E-state index is -0.141. The highest BCUT2D eigenvalue weighted by molar-refractivity contribution is 6.34. The van der Waals surface area contributed by atoms with Gasteiger partial charge in [0.15, 0.2) is 0 Å². The summed E-state index contributed by atoms with van der Waals surface area (Å²) in [4.78, 5) is 9.98. The Balaban J connectivity index is 1.64. The molecular weight excluding hydrogens is 367 g/mol. The van der Waals surface area contributed by atoms with E-state index in [4.69, 9.17) is 11.6 Å². The zero-order valence-corrected chi connectivity index (χ0v) is 15.9. The molecule has 8 heteroatoms. The van der Waals surface area contributed by atoms with Crippen LogP contribution in [0.3, 0.4) is 0 Å². The van der Waals surface area contributed by atoms with Crippen LogP contribution in [0.1, 0.15) is 6.42 Å². The summed E-state index contributed by atoms with van der Waals surface area (Å²) in [6.07, 6.45) is 9.50. The van der Waals surface area contributed by atoms with Gasteiger partial charge in [-0.2, -0.15) is 0 Å². The predicted octanol–water partition coefficient (Wildman–Crippen LogP) is 2.17. The van der Waals surface area contributed by atoms with Crippen LogP contribution in [0.5, 0.6) is 0 Å². The third kappa shape index (κ3) is 5.08. The molecule has 1 aliphatic carbocycles. The summed E-state index contributed by atoms with van der Waals surface area (Å²) >= 11 is 6.39. The largest absolute Gasteiger partial charge is 0.383 e. The van der Waals surface area contributed by atoms with Crippen LogP contribution >= 0.6 is 11.6 Å². The number of nitrogens with one attached hydrogen (secondary N) is 3. The summed E-state index contributed by atoms with van der Waals surface area (Å²) in [7, 11) is 0. The van der Waals surface area contributed by atoms with E-state index in [0.717, 1.165) is 43.2 Å². The standard InChI is InChI=1S/C19H24ClFN6/c1-22-4-5-25-15-3-2-14(16(20)10-15)11-26-18-13-24-12-17(21)19(18)27-8-6-23-7-9-27/h2,4-5,10,13,23-24,26H,1,3,6-9,11-12H2/b5-4-,25-15?. The first-order valence-electron chi connectivity index (χ1n) is 8.95. The van der Waals surface area contributed by atoms with E-state index in [2.05, 4.69) is 37.6 Å². The number of dihydropyridines is 1. The van der Waals surface area contributed by atoms with Gasteiger partial charge in [0.1, 0.15) is 5.83 Å². The van der Waals surface area contributed by atoms with Crippen molar-refractivity contribution in [3.63, 3.8) is 0 Å². The molecule has 0 aromatic carbocycles. The van der Waals surface area contributed by atoms with Gasteiger partial charge in [0.25, 0.3) is 0 Å². The van der Waals surface area contributed by atoms with Gasteiger partial charge in [-0.1, -0.05) is 17.7 Å². The fourth-order valence-electron chi connectivity index (χ4n) is 3.14. The molecule has 3 rings (SSSR count). The Labute approximate surface area is 164 Å². The van der Waals surface area contributed by atoms with E-state index in [1.807, 2.05) is 18.4 Å². The fraction of sp³-hybridized carbons (Fsp3) is 0.368. The average molecular weight is 391 g/mol. The van der Waals surface area contributed by atoms with Gasteiger partial charge in [0, 0.05) is 68.5 Å². The minimum Gasteiger partial charge on any atom is -0.383 e. The summed E-state index contributed by atoms with van der Waals surface area (Å²) in [6, 6.07) is 0. The summed E-state index contributed by atoms with van der Waals surface area (Å²) < 4.78 is 14.5. The van der Waals surface area contributed by atoms with Gasteiger partial charge in [0.2, 0.25) is 0 Å². The number of piperazine rings is 1. The van der Waals surface area contributed by atoms with Crippen LogP contribution in [0.4, 0.5) is 4.39 Å². The maximum Gasteiger partial charge on any atom is 0.144 e. The van der Waals surface area contributed by atoms with Crippen molar-refractivity contribution >= 4 is 24.0 Å². The van der Waals surface area contributed by atoms with E-state index in [1.165, 1.54) is 6.20 Å². The SMILES string of the molecule is C=N/C=C\N=C1C=C(Cl)C(CNC2=CNCC(F)=C2N2CCNCC2)=CC1. The van der Waals surface area contributed by atoms with Crippen molar-refractivity contribution in [2.45, 2.75) is 6.42 Å². The Kier molecular flexibility index (Phi) is 6.84. The highest BCUT2D eigenvalue weighted by Gasteiger charge is 2.24. The van der Waals surface area contributed by atoms with Gasteiger partial charge >= 0.3 is 0 Å². The van der Waals surface area contributed by atoms with Crippen LogP contribution in [0.25, 0.3) is 0 Å². The van der Waals surface area contributed by atoms with Crippen LogP contribution in [0, 0.1) is 0 Å². The molecule has 3 N–H and O–H groups in total. The first kappa shape index (κ1) is 19.4. The average Bonchev–Trinajstić information content (AvgIpc) is 2.68. The third-order valence-electron chi connectivity index (χ3n) is 4.49. The molecule has 1 saturated heterocycles. The molecule has 1 fully saturated rings. The van der Waals surface area contributed by atoms with Crippen LogP contribution < -0.4 is 16.0 Å². The molecule has 0 spiro atoms. The van der Waals surface area contributed by atoms with Gasteiger partial charge in [-0.3, -0.25) is 9.98 Å².